The fraction of sp³-hybridized carbons (Fsp3) is 0.0526. The third-order valence-electron chi connectivity index (χ3n) is 4.29. The topological polar surface area (TPSA) is 146 Å². The maximum absolute atomic E-state index is 7.57. The van der Waals surface area contributed by atoms with Crippen LogP contribution < -0.4 is 16.4 Å². The van der Waals surface area contributed by atoms with Crippen molar-refractivity contribution in [1.29, 1.82) is 5.41 Å². The molecule has 140 valence electrons. The van der Waals surface area contributed by atoms with Gasteiger partial charge < -0.3 is 19.7 Å². The van der Waals surface area contributed by atoms with Crippen molar-refractivity contribution in [2.24, 2.45) is 5.90 Å². The van der Waals surface area contributed by atoms with Crippen LogP contribution in [0.25, 0.3) is 33.7 Å². The first kappa shape index (κ1) is 17.4. The van der Waals surface area contributed by atoms with Crippen molar-refractivity contribution in [3.63, 3.8) is 0 Å². The Morgan fingerprint density at radius 3 is 2.54 bits per heavy atom. The van der Waals surface area contributed by atoms with Crippen LogP contribution in [-0.4, -0.2) is 28.2 Å². The van der Waals surface area contributed by atoms with E-state index in [1.165, 1.54) is 0 Å². The minimum Gasteiger partial charge on any atom is -0.496 e. The number of anilines is 1. The summed E-state index contributed by atoms with van der Waals surface area (Å²) in [5.41, 5.74) is 7.91. The first-order chi connectivity index (χ1) is 13.6. The van der Waals surface area contributed by atoms with Crippen LogP contribution in [0.2, 0.25) is 0 Å². The van der Waals surface area contributed by atoms with E-state index in [2.05, 4.69) is 20.0 Å². The van der Waals surface area contributed by atoms with Gasteiger partial charge in [0, 0.05) is 22.7 Å². The van der Waals surface area contributed by atoms with Crippen molar-refractivity contribution >= 4 is 22.5 Å². The van der Waals surface area contributed by atoms with Crippen molar-refractivity contribution in [2.75, 3.05) is 12.8 Å². The van der Waals surface area contributed by atoms with Gasteiger partial charge in [0.25, 0.3) is 0 Å². The summed E-state index contributed by atoms with van der Waals surface area (Å²) < 4.78 is 11.2. The van der Waals surface area contributed by atoms with Gasteiger partial charge in [0.1, 0.15) is 11.6 Å². The number of aromatic nitrogens is 3. The Balaban J connectivity index is 1.76. The minimum atomic E-state index is -0.133. The summed E-state index contributed by atoms with van der Waals surface area (Å²) in [6, 6.07) is 12.4. The number of fused-ring (bicyclic) bond motifs is 1. The van der Waals surface area contributed by atoms with Gasteiger partial charge in [-0.05, 0) is 30.3 Å². The van der Waals surface area contributed by atoms with Gasteiger partial charge in [0.15, 0.2) is 0 Å². The van der Waals surface area contributed by atoms with Crippen LogP contribution >= 0.6 is 0 Å². The molecule has 0 aliphatic carbocycles. The van der Waals surface area contributed by atoms with Crippen LogP contribution in [0.4, 0.5) is 5.82 Å². The van der Waals surface area contributed by atoms with Gasteiger partial charge in [-0.15, -0.1) is 10.2 Å². The first-order valence-corrected chi connectivity index (χ1v) is 8.23. The molecule has 0 aliphatic rings. The number of hydrogen-bond donors (Lipinski definition) is 3. The van der Waals surface area contributed by atoms with Crippen LogP contribution in [0.3, 0.4) is 0 Å². The molecule has 0 aliphatic heterocycles. The van der Waals surface area contributed by atoms with Gasteiger partial charge in [-0.3, -0.25) is 5.41 Å². The summed E-state index contributed by atoms with van der Waals surface area (Å²) in [7, 11) is 1.57. The van der Waals surface area contributed by atoms with E-state index in [9.17, 15) is 0 Å². The second kappa shape index (κ2) is 6.97. The molecule has 0 saturated carbocycles. The number of hydrogen-bond acceptors (Lipinski definition) is 9. The average molecular weight is 376 g/mol. The molecule has 0 spiro atoms. The van der Waals surface area contributed by atoms with Crippen molar-refractivity contribution in [3.05, 3.63) is 54.2 Å². The summed E-state index contributed by atoms with van der Waals surface area (Å²) in [6.07, 6.45) is 1.59. The quantitative estimate of drug-likeness (QED) is 0.280. The number of rotatable bonds is 4. The summed E-state index contributed by atoms with van der Waals surface area (Å²) in [5, 5.41) is 17.3. The van der Waals surface area contributed by atoms with E-state index in [1.54, 1.807) is 37.6 Å². The van der Waals surface area contributed by atoms with Crippen LogP contribution in [0, 0.1) is 5.41 Å². The van der Waals surface area contributed by atoms with Crippen molar-refractivity contribution in [2.45, 2.75) is 0 Å². The van der Waals surface area contributed by atoms with Crippen LogP contribution in [-0.2, 0) is 4.84 Å². The molecule has 0 unspecified atom stereocenters. The Hall–Kier alpha value is -3.98. The molecule has 9 nitrogen and oxygen atoms in total. The molecule has 4 aromatic rings. The van der Waals surface area contributed by atoms with Crippen molar-refractivity contribution in [3.8, 4) is 28.7 Å². The zero-order valence-electron chi connectivity index (χ0n) is 14.8. The molecule has 0 amide bonds. The molecular weight excluding hydrogens is 360 g/mol. The molecule has 4 rings (SSSR count). The van der Waals surface area contributed by atoms with Gasteiger partial charge in [0.2, 0.25) is 17.7 Å². The summed E-state index contributed by atoms with van der Waals surface area (Å²) in [4.78, 5) is 8.65. The number of methoxy groups -OCH3 is 1. The molecular formula is C19H16N6O3. The molecule has 28 heavy (non-hydrogen) atoms. The van der Waals surface area contributed by atoms with E-state index in [-0.39, 0.29) is 5.90 Å². The number of nitrogens with one attached hydrogen (secondary N) is 1. The summed E-state index contributed by atoms with van der Waals surface area (Å²) >= 11 is 0. The van der Waals surface area contributed by atoms with E-state index < -0.39 is 0 Å². The number of nitrogen functional groups attached to an aromatic ring is 1. The zero-order chi connectivity index (χ0) is 19.7. The summed E-state index contributed by atoms with van der Waals surface area (Å²) in [6.45, 7) is 0. The van der Waals surface area contributed by atoms with Crippen molar-refractivity contribution < 1.29 is 14.0 Å². The molecule has 2 aromatic carbocycles. The zero-order valence-corrected chi connectivity index (χ0v) is 14.8. The standard InChI is InChI=1S/C19H16N6O3/c1-26-14-4-2-3-12-13(9-23-16(20)15(12)14)19-25-24-18(27-19)11-7-5-10(6-8-11)17(21)28-22/h2-9,21H,22H2,1H3,(H2,20,23). The minimum absolute atomic E-state index is 0.133. The lowest BCUT2D eigenvalue weighted by molar-refractivity contribution is 0.319. The van der Waals surface area contributed by atoms with Crippen LogP contribution in [0.15, 0.2) is 53.1 Å². The van der Waals surface area contributed by atoms with Gasteiger partial charge in [0.05, 0.1) is 18.1 Å². The molecule has 2 aromatic heterocycles. The highest BCUT2D eigenvalue weighted by Crippen LogP contribution is 2.36. The Kier molecular flexibility index (Phi) is 4.34. The lowest BCUT2D eigenvalue weighted by atomic mass is 10.1. The predicted octanol–water partition coefficient (Wildman–Crippen LogP) is 2.76. The average Bonchev–Trinajstić information content (AvgIpc) is 3.23. The molecule has 0 saturated heterocycles. The normalized spacial score (nSPS) is 10.8. The number of benzene rings is 2. The Morgan fingerprint density at radius 2 is 1.82 bits per heavy atom. The van der Waals surface area contributed by atoms with E-state index in [4.69, 9.17) is 26.2 Å². The third kappa shape index (κ3) is 2.89. The lowest BCUT2D eigenvalue weighted by Crippen LogP contribution is -2.09. The second-order valence-corrected chi connectivity index (χ2v) is 5.88. The number of nitrogens with two attached hydrogens (primary N) is 2. The van der Waals surface area contributed by atoms with E-state index >= 15 is 0 Å². The summed E-state index contributed by atoms with van der Waals surface area (Å²) in [5.74, 6) is 6.48. The largest absolute Gasteiger partial charge is 0.496 e. The fourth-order valence-corrected chi connectivity index (χ4v) is 2.91. The van der Waals surface area contributed by atoms with E-state index in [1.807, 2.05) is 18.2 Å². The fourth-order valence-electron chi connectivity index (χ4n) is 2.91. The molecule has 2 heterocycles. The molecule has 5 N–H and O–H groups in total. The molecule has 0 radical (unpaired) electrons. The smallest absolute Gasteiger partial charge is 0.250 e. The molecule has 0 fully saturated rings. The highest BCUT2D eigenvalue weighted by Gasteiger charge is 2.17. The van der Waals surface area contributed by atoms with E-state index in [0.29, 0.717) is 45.4 Å². The van der Waals surface area contributed by atoms with Crippen molar-refractivity contribution in [1.82, 2.24) is 15.2 Å². The predicted molar refractivity (Wildman–Crippen MR) is 104 cm³/mol. The second-order valence-electron chi connectivity index (χ2n) is 5.88. The molecule has 0 bridgehead atoms. The Morgan fingerprint density at radius 1 is 1.07 bits per heavy atom. The van der Waals surface area contributed by atoms with Gasteiger partial charge in [-0.2, -0.15) is 5.90 Å². The monoisotopic (exact) mass is 376 g/mol. The SMILES string of the molecule is COc1cccc2c(-c3nnc(-c4ccc(C(=N)ON)cc4)o3)cnc(N)c12. The molecule has 0 atom stereocenters. The third-order valence-corrected chi connectivity index (χ3v) is 4.29. The highest BCUT2D eigenvalue weighted by molar-refractivity contribution is 6.03. The molecule has 9 heteroatoms. The first-order valence-electron chi connectivity index (χ1n) is 8.23. The number of pyridine rings is 1. The van der Waals surface area contributed by atoms with Crippen LogP contribution in [0.5, 0.6) is 5.75 Å². The lowest BCUT2D eigenvalue weighted by Gasteiger charge is -2.09. The maximum atomic E-state index is 7.57. The Bertz CT molecular complexity index is 1170. The highest BCUT2D eigenvalue weighted by atomic mass is 16.6. The van der Waals surface area contributed by atoms with Gasteiger partial charge >= 0.3 is 0 Å². The van der Waals surface area contributed by atoms with Crippen LogP contribution in [0.1, 0.15) is 5.56 Å². The Labute approximate surface area is 159 Å². The maximum Gasteiger partial charge on any atom is 0.250 e. The van der Waals surface area contributed by atoms with Gasteiger partial charge in [-0.1, -0.05) is 12.1 Å². The number of nitrogens with zero attached hydrogens (tertiary/aromatic N) is 3. The van der Waals surface area contributed by atoms with Gasteiger partial charge in [-0.25, -0.2) is 4.98 Å². The number of ether oxygens (including phenoxy) is 1. The van der Waals surface area contributed by atoms with E-state index in [0.717, 1.165) is 5.39 Å².